The van der Waals surface area contributed by atoms with Gasteiger partial charge in [0.15, 0.2) is 0 Å². The van der Waals surface area contributed by atoms with Gasteiger partial charge in [-0.05, 0) is 102 Å². The van der Waals surface area contributed by atoms with Gasteiger partial charge in [0.05, 0.1) is 0 Å². The third-order valence-corrected chi connectivity index (χ3v) is 12.6. The zero-order valence-electron chi connectivity index (χ0n) is 26.1. The summed E-state index contributed by atoms with van der Waals surface area (Å²) in [5.74, 6) is -0.891. The second-order valence-corrected chi connectivity index (χ2v) is 15.1. The van der Waals surface area contributed by atoms with E-state index in [9.17, 15) is 9.59 Å². The van der Waals surface area contributed by atoms with Crippen molar-refractivity contribution >= 4 is 42.3 Å². The standard InChI is InChI=1S/C36H43N3O3Si/c1-5-38-18-9-12-24-20-28-32(22-30(24)38)43(4)33-23-31-25(13-10-19-39(31)6-2)21-29(33)35(28)26-14-7-8-15-27(26)36(42)37(3)17-11-16-34(40)41/h7-8,14-15,20-23,43H,5-6,9-13,16-19H2,1-4H3/p+1. The maximum atomic E-state index is 14.0. The van der Waals surface area contributed by atoms with Crippen molar-refractivity contribution in [3.8, 4) is 0 Å². The lowest BCUT2D eigenvalue weighted by Gasteiger charge is -2.34. The van der Waals surface area contributed by atoms with E-state index in [2.05, 4.69) is 60.2 Å². The number of fused-ring (bicyclic) bond motifs is 4. The van der Waals surface area contributed by atoms with Gasteiger partial charge in [-0.1, -0.05) is 24.7 Å². The monoisotopic (exact) mass is 594 g/mol. The lowest BCUT2D eigenvalue weighted by molar-refractivity contribution is -0.137. The average molecular weight is 595 g/mol. The van der Waals surface area contributed by atoms with Gasteiger partial charge in [0.1, 0.15) is 21.9 Å². The Labute approximate surface area is 256 Å². The van der Waals surface area contributed by atoms with Gasteiger partial charge < -0.3 is 14.9 Å². The topological polar surface area (TPSA) is 63.9 Å². The highest BCUT2D eigenvalue weighted by molar-refractivity contribution is 6.85. The van der Waals surface area contributed by atoms with E-state index < -0.39 is 14.8 Å². The number of carbonyl (C=O) groups excluding carboxylic acids is 1. The van der Waals surface area contributed by atoms with Crippen LogP contribution in [0, 0.1) is 0 Å². The molecule has 1 amide bonds. The molecule has 1 unspecified atom stereocenters. The molecule has 224 valence electrons. The largest absolute Gasteiger partial charge is 0.481 e. The van der Waals surface area contributed by atoms with Crippen LogP contribution in [0.4, 0.5) is 5.69 Å². The first-order valence-electron chi connectivity index (χ1n) is 16.1. The van der Waals surface area contributed by atoms with Crippen LogP contribution in [0.5, 0.6) is 0 Å². The van der Waals surface area contributed by atoms with Crippen LogP contribution >= 0.6 is 0 Å². The van der Waals surface area contributed by atoms with Crippen LogP contribution in [-0.4, -0.2) is 70.5 Å². The summed E-state index contributed by atoms with van der Waals surface area (Å²) in [4.78, 5) is 29.3. The van der Waals surface area contributed by atoms with Gasteiger partial charge in [0.25, 0.3) is 5.91 Å². The highest BCUT2D eigenvalue weighted by atomic mass is 28.3. The molecule has 0 radical (unpaired) electrons. The molecule has 0 aliphatic carbocycles. The minimum atomic E-state index is -1.54. The van der Waals surface area contributed by atoms with Crippen molar-refractivity contribution in [1.29, 1.82) is 0 Å². The molecular formula is C36H44N3O3Si+. The number of aryl methyl sites for hydroxylation is 2. The lowest BCUT2D eigenvalue weighted by atomic mass is 9.87. The second-order valence-electron chi connectivity index (χ2n) is 12.4. The van der Waals surface area contributed by atoms with E-state index in [-0.39, 0.29) is 12.3 Å². The minimum Gasteiger partial charge on any atom is -0.481 e. The molecular weight excluding hydrogens is 551 g/mol. The molecule has 3 aromatic rings. The fraction of sp³-hybridized carbons (Fsp3) is 0.417. The van der Waals surface area contributed by atoms with Crippen molar-refractivity contribution in [2.75, 3.05) is 44.7 Å². The van der Waals surface area contributed by atoms with Gasteiger partial charge in [-0.3, -0.25) is 9.59 Å². The van der Waals surface area contributed by atoms with Crippen LogP contribution < -0.4 is 30.4 Å². The molecule has 0 spiro atoms. The van der Waals surface area contributed by atoms with E-state index in [4.69, 9.17) is 5.11 Å². The number of hydrogen-bond acceptors (Lipinski definition) is 3. The third-order valence-electron chi connectivity index (χ3n) is 9.82. The SMILES string of the molecule is CCN1CCCc2cc3c(cc21)[SiH](C)c1cc2c(cc1=C3c1ccccc1C(=O)N(C)CCCC(=O)O)CCC[N+]=2CC. The fourth-order valence-corrected chi connectivity index (χ4v) is 10.1. The Morgan fingerprint density at radius 3 is 2.56 bits per heavy atom. The summed E-state index contributed by atoms with van der Waals surface area (Å²) in [5.41, 5.74) is 8.38. The molecule has 0 saturated carbocycles. The van der Waals surface area contributed by atoms with Crippen LogP contribution in [0.2, 0.25) is 6.55 Å². The van der Waals surface area contributed by atoms with Gasteiger partial charge in [0, 0.05) is 62.4 Å². The summed E-state index contributed by atoms with van der Waals surface area (Å²) >= 11 is 0. The summed E-state index contributed by atoms with van der Waals surface area (Å²) in [5, 5.41) is 14.8. The number of carbonyl (C=O) groups is 2. The predicted molar refractivity (Wildman–Crippen MR) is 177 cm³/mol. The lowest BCUT2D eigenvalue weighted by Crippen LogP contribution is -2.56. The zero-order chi connectivity index (χ0) is 30.2. The van der Waals surface area contributed by atoms with E-state index in [1.165, 1.54) is 48.9 Å². The average Bonchev–Trinajstić information content (AvgIpc) is 3.02. The first-order valence-corrected chi connectivity index (χ1v) is 18.4. The van der Waals surface area contributed by atoms with Gasteiger partial charge in [0.2, 0.25) is 5.36 Å². The van der Waals surface area contributed by atoms with E-state index in [0.29, 0.717) is 18.5 Å². The van der Waals surface area contributed by atoms with Gasteiger partial charge >= 0.3 is 5.97 Å². The summed E-state index contributed by atoms with van der Waals surface area (Å²) < 4.78 is 2.53. The molecule has 1 N–H and O–H groups in total. The zero-order valence-corrected chi connectivity index (χ0v) is 27.2. The van der Waals surface area contributed by atoms with Gasteiger partial charge in [-0.15, -0.1) is 0 Å². The number of hydrogen-bond donors (Lipinski definition) is 1. The Bertz CT molecular complexity index is 1730. The van der Waals surface area contributed by atoms with E-state index in [0.717, 1.165) is 57.4 Å². The molecule has 0 fully saturated rings. The fourth-order valence-electron chi connectivity index (χ4n) is 7.52. The second kappa shape index (κ2) is 12.1. The van der Waals surface area contributed by atoms with Crippen molar-refractivity contribution in [3.63, 3.8) is 0 Å². The normalized spacial score (nSPS) is 17.1. The molecule has 1 atom stereocenters. The van der Waals surface area contributed by atoms with E-state index in [1.54, 1.807) is 11.9 Å². The highest BCUT2D eigenvalue weighted by Crippen LogP contribution is 2.33. The molecule has 0 aromatic heterocycles. The Balaban J connectivity index is 1.61. The minimum absolute atomic E-state index is 0.0552. The summed E-state index contributed by atoms with van der Waals surface area (Å²) in [7, 11) is 0.248. The Kier molecular flexibility index (Phi) is 8.27. The maximum absolute atomic E-state index is 14.0. The predicted octanol–water partition coefficient (Wildman–Crippen LogP) is 2.38. The molecule has 43 heavy (non-hydrogen) atoms. The van der Waals surface area contributed by atoms with Gasteiger partial charge in [-0.25, -0.2) is 4.58 Å². The summed E-state index contributed by atoms with van der Waals surface area (Å²) in [6.07, 6.45) is 4.98. The Morgan fingerprint density at radius 1 is 1.00 bits per heavy atom. The summed E-state index contributed by atoms with van der Waals surface area (Å²) in [6.45, 7) is 11.6. The molecule has 3 aliphatic rings. The van der Waals surface area contributed by atoms with Crippen molar-refractivity contribution in [2.45, 2.75) is 58.9 Å². The first kappa shape index (κ1) is 29.4. The van der Waals surface area contributed by atoms with Crippen LogP contribution in [0.15, 0.2) is 48.5 Å². The van der Waals surface area contributed by atoms with E-state index in [1.807, 2.05) is 18.2 Å². The number of aliphatic carboxylic acids is 1. The van der Waals surface area contributed by atoms with Gasteiger partial charge in [-0.2, -0.15) is 0 Å². The van der Waals surface area contributed by atoms with Crippen LogP contribution in [0.25, 0.3) is 5.57 Å². The Morgan fingerprint density at radius 2 is 1.79 bits per heavy atom. The number of rotatable bonds is 8. The van der Waals surface area contributed by atoms with Crippen molar-refractivity contribution in [2.24, 2.45) is 0 Å². The number of carboxylic acid groups (broad SMARTS) is 1. The molecule has 0 bridgehead atoms. The number of anilines is 1. The highest BCUT2D eigenvalue weighted by Gasteiger charge is 2.32. The number of amides is 1. The number of carboxylic acids is 1. The van der Waals surface area contributed by atoms with Crippen LogP contribution in [0.3, 0.4) is 0 Å². The maximum Gasteiger partial charge on any atom is 0.303 e. The van der Waals surface area contributed by atoms with Crippen molar-refractivity contribution in [1.82, 2.24) is 9.48 Å². The molecule has 7 heteroatoms. The first-order chi connectivity index (χ1) is 20.8. The molecule has 6 rings (SSSR count). The van der Waals surface area contributed by atoms with E-state index >= 15 is 0 Å². The quantitative estimate of drug-likeness (QED) is 0.322. The van der Waals surface area contributed by atoms with Crippen molar-refractivity contribution in [3.05, 3.63) is 86.9 Å². The molecule has 6 nitrogen and oxygen atoms in total. The number of benzene rings is 3. The molecule has 3 aliphatic heterocycles. The van der Waals surface area contributed by atoms with Crippen molar-refractivity contribution < 1.29 is 14.7 Å². The molecule has 0 saturated heterocycles. The number of nitrogens with zero attached hydrogens (tertiary/aromatic N) is 3. The molecule has 3 heterocycles. The Hall–Kier alpha value is -3.71. The van der Waals surface area contributed by atoms with Crippen LogP contribution in [0.1, 0.15) is 72.1 Å². The summed E-state index contributed by atoms with van der Waals surface area (Å²) in [6, 6.07) is 18.0. The molecule has 3 aromatic carbocycles. The van der Waals surface area contributed by atoms with Crippen LogP contribution in [-0.2, 0) is 17.6 Å². The smallest absolute Gasteiger partial charge is 0.303 e. The third kappa shape index (κ3) is 5.33.